The molecule has 1 heterocycles. The van der Waals surface area contributed by atoms with Gasteiger partial charge in [0.15, 0.2) is 0 Å². The lowest BCUT2D eigenvalue weighted by molar-refractivity contribution is 0.253. The maximum atomic E-state index is 5.71. The van der Waals surface area contributed by atoms with E-state index in [9.17, 15) is 0 Å². The minimum atomic E-state index is 0.497. The summed E-state index contributed by atoms with van der Waals surface area (Å²) in [5, 5.41) is 0. The summed E-state index contributed by atoms with van der Waals surface area (Å²) in [4.78, 5) is 10.6. The van der Waals surface area contributed by atoms with Gasteiger partial charge in [0.2, 0.25) is 5.88 Å². The molecule has 1 aromatic heterocycles. The van der Waals surface area contributed by atoms with Crippen molar-refractivity contribution >= 4 is 5.82 Å². The van der Waals surface area contributed by atoms with Crippen molar-refractivity contribution in [3.63, 3.8) is 0 Å². The van der Waals surface area contributed by atoms with Crippen molar-refractivity contribution in [3.05, 3.63) is 11.9 Å². The predicted octanol–water partition coefficient (Wildman–Crippen LogP) is 0.877. The van der Waals surface area contributed by atoms with Crippen LogP contribution in [-0.4, -0.2) is 42.1 Å². The van der Waals surface area contributed by atoms with Gasteiger partial charge < -0.3 is 15.4 Å². The van der Waals surface area contributed by atoms with Gasteiger partial charge in [0, 0.05) is 18.5 Å². The zero-order valence-electron chi connectivity index (χ0n) is 9.81. The van der Waals surface area contributed by atoms with Crippen LogP contribution in [0.4, 0.5) is 5.82 Å². The molecular weight excluding hydrogens is 204 g/mol. The molecule has 0 radical (unpaired) electrons. The second-order valence-electron chi connectivity index (χ2n) is 4.42. The van der Waals surface area contributed by atoms with Crippen LogP contribution in [0.1, 0.15) is 24.6 Å². The number of nitrogens with two attached hydrogens (primary N) is 1. The molecule has 0 spiro atoms. The first-order valence-electron chi connectivity index (χ1n) is 5.57. The lowest BCUT2D eigenvalue weighted by atomic mass is 10.4. The van der Waals surface area contributed by atoms with Crippen LogP contribution in [0.15, 0.2) is 6.07 Å². The Kier molecular flexibility index (Phi) is 3.24. The fourth-order valence-electron chi connectivity index (χ4n) is 1.39. The maximum absolute atomic E-state index is 5.71. The summed E-state index contributed by atoms with van der Waals surface area (Å²) in [7, 11) is 4.01. The van der Waals surface area contributed by atoms with Crippen LogP contribution >= 0.6 is 0 Å². The second kappa shape index (κ2) is 4.65. The van der Waals surface area contributed by atoms with Crippen molar-refractivity contribution in [2.75, 3.05) is 33.0 Å². The third-order valence-corrected chi connectivity index (χ3v) is 2.47. The summed E-state index contributed by atoms with van der Waals surface area (Å²) in [6, 6.07) is 1.68. The molecule has 0 atom stereocenters. The minimum Gasteiger partial charge on any atom is -0.476 e. The van der Waals surface area contributed by atoms with Gasteiger partial charge in [-0.1, -0.05) is 0 Å². The lowest BCUT2D eigenvalue weighted by Gasteiger charge is -2.11. The number of anilines is 1. The van der Waals surface area contributed by atoms with Crippen molar-refractivity contribution < 1.29 is 4.74 Å². The molecule has 0 aliphatic heterocycles. The zero-order valence-corrected chi connectivity index (χ0v) is 9.81. The van der Waals surface area contributed by atoms with Gasteiger partial charge in [-0.05, 0) is 26.9 Å². The summed E-state index contributed by atoms with van der Waals surface area (Å²) >= 11 is 0. The van der Waals surface area contributed by atoms with E-state index < -0.39 is 0 Å². The molecule has 0 aromatic carbocycles. The van der Waals surface area contributed by atoms with Gasteiger partial charge in [-0.15, -0.1) is 0 Å². The smallest absolute Gasteiger partial charge is 0.218 e. The van der Waals surface area contributed by atoms with Crippen molar-refractivity contribution in [3.8, 4) is 5.88 Å². The largest absolute Gasteiger partial charge is 0.476 e. The Labute approximate surface area is 95.6 Å². The molecule has 0 bridgehead atoms. The van der Waals surface area contributed by atoms with Crippen molar-refractivity contribution in [1.82, 2.24) is 14.9 Å². The van der Waals surface area contributed by atoms with E-state index in [-0.39, 0.29) is 0 Å². The summed E-state index contributed by atoms with van der Waals surface area (Å²) in [5.41, 5.74) is 5.71. The van der Waals surface area contributed by atoms with Gasteiger partial charge in [0.1, 0.15) is 18.2 Å². The monoisotopic (exact) mass is 222 g/mol. The number of hydrogen-bond acceptors (Lipinski definition) is 5. The fraction of sp³-hybridized carbons (Fsp3) is 0.636. The molecular formula is C11H18N4O. The Hall–Kier alpha value is -1.36. The van der Waals surface area contributed by atoms with Gasteiger partial charge in [0.25, 0.3) is 0 Å². The van der Waals surface area contributed by atoms with E-state index in [4.69, 9.17) is 10.5 Å². The maximum Gasteiger partial charge on any atom is 0.218 e. The standard InChI is InChI=1S/C11H18N4O/c1-15(2)5-6-16-10-7-9(12)13-11(14-10)8-3-4-8/h7-8H,3-6H2,1-2H3,(H2,12,13,14). The summed E-state index contributed by atoms with van der Waals surface area (Å²) in [6.07, 6.45) is 2.33. The van der Waals surface area contributed by atoms with Crippen LogP contribution in [0.2, 0.25) is 0 Å². The van der Waals surface area contributed by atoms with E-state index in [1.165, 1.54) is 12.8 Å². The SMILES string of the molecule is CN(C)CCOc1cc(N)nc(C2CC2)n1. The molecule has 1 fully saturated rings. The molecule has 1 aliphatic carbocycles. The lowest BCUT2D eigenvalue weighted by Crippen LogP contribution is -2.20. The molecule has 1 aromatic rings. The summed E-state index contributed by atoms with van der Waals surface area (Å²) in [5.74, 6) is 2.42. The Bertz CT molecular complexity index is 363. The van der Waals surface area contributed by atoms with Crippen LogP contribution in [-0.2, 0) is 0 Å². The highest BCUT2D eigenvalue weighted by Crippen LogP contribution is 2.38. The molecule has 1 saturated carbocycles. The van der Waals surface area contributed by atoms with Crippen molar-refractivity contribution in [2.45, 2.75) is 18.8 Å². The highest BCUT2D eigenvalue weighted by atomic mass is 16.5. The van der Waals surface area contributed by atoms with Crippen LogP contribution in [0.3, 0.4) is 0 Å². The Morgan fingerprint density at radius 2 is 2.19 bits per heavy atom. The Morgan fingerprint density at radius 3 is 2.81 bits per heavy atom. The van der Waals surface area contributed by atoms with Gasteiger partial charge in [-0.3, -0.25) is 0 Å². The van der Waals surface area contributed by atoms with E-state index >= 15 is 0 Å². The molecule has 88 valence electrons. The van der Waals surface area contributed by atoms with Gasteiger partial charge in [0.05, 0.1) is 0 Å². The van der Waals surface area contributed by atoms with E-state index in [1.807, 2.05) is 14.1 Å². The summed E-state index contributed by atoms with van der Waals surface area (Å²) in [6.45, 7) is 1.48. The van der Waals surface area contributed by atoms with Crippen LogP contribution in [0.25, 0.3) is 0 Å². The van der Waals surface area contributed by atoms with Gasteiger partial charge >= 0.3 is 0 Å². The molecule has 0 saturated heterocycles. The first-order chi connectivity index (χ1) is 7.65. The van der Waals surface area contributed by atoms with E-state index in [0.717, 1.165) is 12.4 Å². The fourth-order valence-corrected chi connectivity index (χ4v) is 1.39. The molecule has 5 heteroatoms. The number of ether oxygens (including phenoxy) is 1. The predicted molar refractivity (Wildman–Crippen MR) is 62.5 cm³/mol. The molecule has 2 rings (SSSR count). The van der Waals surface area contributed by atoms with Crippen LogP contribution < -0.4 is 10.5 Å². The highest BCUT2D eigenvalue weighted by molar-refractivity contribution is 5.34. The first-order valence-corrected chi connectivity index (χ1v) is 5.57. The van der Waals surface area contributed by atoms with Crippen molar-refractivity contribution in [2.24, 2.45) is 0 Å². The quantitative estimate of drug-likeness (QED) is 0.801. The number of nitrogens with zero attached hydrogens (tertiary/aromatic N) is 3. The normalized spacial score (nSPS) is 15.4. The average molecular weight is 222 g/mol. The van der Waals surface area contributed by atoms with E-state index in [1.54, 1.807) is 6.07 Å². The minimum absolute atomic E-state index is 0.497. The molecule has 16 heavy (non-hydrogen) atoms. The molecule has 2 N–H and O–H groups in total. The van der Waals surface area contributed by atoms with Crippen LogP contribution in [0, 0.1) is 0 Å². The average Bonchev–Trinajstić information content (AvgIpc) is 2.99. The second-order valence-corrected chi connectivity index (χ2v) is 4.42. The molecule has 1 aliphatic rings. The Balaban J connectivity index is 1.97. The van der Waals surface area contributed by atoms with Crippen LogP contribution in [0.5, 0.6) is 5.88 Å². The number of rotatable bonds is 5. The number of aromatic nitrogens is 2. The van der Waals surface area contributed by atoms with Crippen molar-refractivity contribution in [1.29, 1.82) is 0 Å². The molecule has 0 amide bonds. The van der Waals surface area contributed by atoms with E-state index in [0.29, 0.717) is 24.2 Å². The van der Waals surface area contributed by atoms with Gasteiger partial charge in [-0.2, -0.15) is 4.98 Å². The number of nitrogen functional groups attached to an aromatic ring is 1. The zero-order chi connectivity index (χ0) is 11.5. The number of hydrogen-bond donors (Lipinski definition) is 1. The highest BCUT2D eigenvalue weighted by Gasteiger charge is 2.27. The van der Waals surface area contributed by atoms with E-state index in [2.05, 4.69) is 14.9 Å². The summed E-state index contributed by atoms with van der Waals surface area (Å²) < 4.78 is 5.54. The first kappa shape index (κ1) is 11.1. The Morgan fingerprint density at radius 1 is 1.44 bits per heavy atom. The molecule has 5 nitrogen and oxygen atoms in total. The third-order valence-electron chi connectivity index (χ3n) is 2.47. The molecule has 0 unspecified atom stereocenters. The number of likely N-dealkylation sites (N-methyl/N-ethyl adjacent to an activating group) is 1. The topological polar surface area (TPSA) is 64.3 Å². The van der Waals surface area contributed by atoms with Gasteiger partial charge in [-0.25, -0.2) is 4.98 Å². The third kappa shape index (κ3) is 3.06.